The maximum Gasteiger partial charge on any atom is 0.354 e. The predicted molar refractivity (Wildman–Crippen MR) is 117 cm³/mol. The predicted octanol–water partition coefficient (Wildman–Crippen LogP) is 5.19. The summed E-state index contributed by atoms with van der Waals surface area (Å²) in [4.78, 5) is 14.9. The first-order chi connectivity index (χ1) is 14.7. The van der Waals surface area contributed by atoms with Crippen molar-refractivity contribution in [3.63, 3.8) is 0 Å². The Morgan fingerprint density at radius 2 is 1.47 bits per heavy atom. The number of hydrogen-bond donors (Lipinski definition) is 0. The Kier molecular flexibility index (Phi) is 5.79. The highest BCUT2D eigenvalue weighted by Crippen LogP contribution is 2.45. The van der Waals surface area contributed by atoms with E-state index in [1.54, 1.807) is 14.2 Å². The third-order valence-corrected chi connectivity index (χ3v) is 5.89. The molecule has 0 saturated heterocycles. The van der Waals surface area contributed by atoms with E-state index < -0.39 is 0 Å². The van der Waals surface area contributed by atoms with Gasteiger partial charge in [0, 0.05) is 17.3 Å². The van der Waals surface area contributed by atoms with E-state index >= 15 is 0 Å². The molecule has 0 fully saturated rings. The molecule has 156 valence electrons. The molecule has 0 spiro atoms. The molecule has 30 heavy (non-hydrogen) atoms. The normalized spacial score (nSPS) is 18.4. The molecule has 1 aliphatic heterocycles. The van der Waals surface area contributed by atoms with Crippen LogP contribution in [0.5, 0.6) is 11.5 Å². The Bertz CT molecular complexity index is 973. The van der Waals surface area contributed by atoms with Crippen molar-refractivity contribution >= 4 is 11.7 Å². The zero-order valence-corrected chi connectivity index (χ0v) is 17.7. The molecule has 0 N–H and O–H groups in total. The van der Waals surface area contributed by atoms with E-state index in [1.807, 2.05) is 42.5 Å². The average molecular weight is 405 g/mol. The standard InChI is InChI=1S/C25H27NO4/c1-28-19-12-8-17(9-13-19)22-16-24(25(27)30-3)26(23-7-5-4-6-21(22)23)18-10-14-20(29-2)15-11-18/h8-16,22H,4-7H2,1-3H3. The first-order valence-electron chi connectivity index (χ1n) is 10.3. The van der Waals surface area contributed by atoms with Gasteiger partial charge in [-0.15, -0.1) is 0 Å². The number of benzene rings is 2. The molecule has 0 amide bonds. The van der Waals surface area contributed by atoms with Crippen LogP contribution in [0.4, 0.5) is 5.69 Å². The minimum absolute atomic E-state index is 0.0507. The summed E-state index contributed by atoms with van der Waals surface area (Å²) in [5.74, 6) is 1.33. The van der Waals surface area contributed by atoms with Crippen LogP contribution >= 0.6 is 0 Å². The number of esters is 1. The minimum atomic E-state index is -0.332. The van der Waals surface area contributed by atoms with Gasteiger partial charge in [0.2, 0.25) is 0 Å². The molecule has 2 aromatic rings. The molecule has 1 unspecified atom stereocenters. The average Bonchev–Trinajstić information content (AvgIpc) is 2.82. The van der Waals surface area contributed by atoms with E-state index in [2.05, 4.69) is 17.0 Å². The molecule has 0 bridgehead atoms. The number of allylic oxidation sites excluding steroid dienone is 3. The number of carbonyl (C=O) groups is 1. The van der Waals surface area contributed by atoms with Gasteiger partial charge in [-0.2, -0.15) is 0 Å². The van der Waals surface area contributed by atoms with Gasteiger partial charge in [-0.05, 0) is 79.3 Å². The quantitative estimate of drug-likeness (QED) is 0.641. The molecule has 1 aliphatic carbocycles. The molecule has 1 heterocycles. The first-order valence-corrected chi connectivity index (χ1v) is 10.3. The number of methoxy groups -OCH3 is 3. The van der Waals surface area contributed by atoms with E-state index in [4.69, 9.17) is 14.2 Å². The molecule has 2 aliphatic rings. The van der Waals surface area contributed by atoms with Crippen molar-refractivity contribution in [1.29, 1.82) is 0 Å². The second-order valence-electron chi connectivity index (χ2n) is 7.51. The van der Waals surface area contributed by atoms with Gasteiger partial charge in [0.1, 0.15) is 17.2 Å². The summed E-state index contributed by atoms with van der Waals surface area (Å²) in [7, 11) is 4.75. The van der Waals surface area contributed by atoms with Crippen molar-refractivity contribution in [3.8, 4) is 11.5 Å². The zero-order valence-electron chi connectivity index (χ0n) is 17.7. The van der Waals surface area contributed by atoms with Crippen molar-refractivity contribution in [2.24, 2.45) is 0 Å². The largest absolute Gasteiger partial charge is 0.497 e. The number of ether oxygens (including phenoxy) is 3. The summed E-state index contributed by atoms with van der Waals surface area (Å²) in [6.07, 6.45) is 6.26. The van der Waals surface area contributed by atoms with Crippen LogP contribution in [0.2, 0.25) is 0 Å². The molecule has 0 saturated carbocycles. The van der Waals surface area contributed by atoms with Gasteiger partial charge in [0.25, 0.3) is 0 Å². The van der Waals surface area contributed by atoms with Gasteiger partial charge < -0.3 is 19.1 Å². The molecule has 5 nitrogen and oxygen atoms in total. The van der Waals surface area contributed by atoms with Crippen LogP contribution in [-0.2, 0) is 9.53 Å². The molecular formula is C25H27NO4. The molecule has 1 atom stereocenters. The number of nitrogens with zero attached hydrogens (tertiary/aromatic N) is 1. The number of carbonyl (C=O) groups excluding carboxylic acids is 1. The highest BCUT2D eigenvalue weighted by atomic mass is 16.5. The lowest BCUT2D eigenvalue weighted by Gasteiger charge is -2.39. The topological polar surface area (TPSA) is 48.0 Å². The van der Waals surface area contributed by atoms with Crippen LogP contribution in [0, 0.1) is 0 Å². The molecule has 2 aromatic carbocycles. The summed E-state index contributed by atoms with van der Waals surface area (Å²) in [5, 5.41) is 0. The van der Waals surface area contributed by atoms with Crippen molar-refractivity contribution in [1.82, 2.24) is 0 Å². The van der Waals surface area contributed by atoms with Crippen LogP contribution in [0.1, 0.15) is 37.2 Å². The second kappa shape index (κ2) is 8.66. The summed E-state index contributed by atoms with van der Waals surface area (Å²) in [5.41, 5.74) is 5.23. The van der Waals surface area contributed by atoms with E-state index in [9.17, 15) is 4.79 Å². The van der Waals surface area contributed by atoms with E-state index in [0.717, 1.165) is 48.4 Å². The fourth-order valence-corrected chi connectivity index (χ4v) is 4.38. The number of anilines is 1. The Morgan fingerprint density at radius 1 is 0.867 bits per heavy atom. The molecule has 4 rings (SSSR count). The fraction of sp³-hybridized carbons (Fsp3) is 0.320. The Balaban J connectivity index is 1.83. The monoisotopic (exact) mass is 405 g/mol. The third-order valence-electron chi connectivity index (χ3n) is 5.89. The maximum absolute atomic E-state index is 12.8. The van der Waals surface area contributed by atoms with Gasteiger partial charge in [0.15, 0.2) is 0 Å². The maximum atomic E-state index is 12.8. The molecule has 0 aromatic heterocycles. The summed E-state index contributed by atoms with van der Waals surface area (Å²) in [6.45, 7) is 0. The Hall–Kier alpha value is -3.21. The minimum Gasteiger partial charge on any atom is -0.497 e. The van der Waals surface area contributed by atoms with Gasteiger partial charge in [-0.3, -0.25) is 0 Å². The van der Waals surface area contributed by atoms with Gasteiger partial charge in [-0.1, -0.05) is 12.1 Å². The van der Waals surface area contributed by atoms with Gasteiger partial charge >= 0.3 is 5.97 Å². The van der Waals surface area contributed by atoms with Crippen molar-refractivity contribution < 1.29 is 19.0 Å². The van der Waals surface area contributed by atoms with Crippen LogP contribution in [-0.4, -0.2) is 27.3 Å². The lowest BCUT2D eigenvalue weighted by atomic mass is 9.79. The summed E-state index contributed by atoms with van der Waals surface area (Å²) >= 11 is 0. The van der Waals surface area contributed by atoms with Crippen LogP contribution in [0.25, 0.3) is 0 Å². The number of rotatable bonds is 5. The zero-order chi connectivity index (χ0) is 21.1. The van der Waals surface area contributed by atoms with Crippen LogP contribution in [0.3, 0.4) is 0 Å². The highest BCUT2D eigenvalue weighted by molar-refractivity contribution is 5.95. The Labute approximate surface area is 177 Å². The van der Waals surface area contributed by atoms with Crippen LogP contribution < -0.4 is 14.4 Å². The lowest BCUT2D eigenvalue weighted by Crippen LogP contribution is -2.34. The van der Waals surface area contributed by atoms with Crippen LogP contribution in [0.15, 0.2) is 71.6 Å². The van der Waals surface area contributed by atoms with Gasteiger partial charge in [0.05, 0.1) is 21.3 Å². The number of hydrogen-bond acceptors (Lipinski definition) is 5. The van der Waals surface area contributed by atoms with E-state index in [1.165, 1.54) is 18.4 Å². The smallest absolute Gasteiger partial charge is 0.354 e. The molecule has 5 heteroatoms. The lowest BCUT2D eigenvalue weighted by molar-refractivity contribution is -0.136. The van der Waals surface area contributed by atoms with E-state index in [0.29, 0.717) is 5.70 Å². The molecule has 0 radical (unpaired) electrons. The van der Waals surface area contributed by atoms with Crippen molar-refractivity contribution in [2.45, 2.75) is 31.6 Å². The first kappa shape index (κ1) is 20.1. The SMILES string of the molecule is COC(=O)C1=CC(c2ccc(OC)cc2)C2=C(CCCC2)N1c1ccc(OC)cc1. The highest BCUT2D eigenvalue weighted by Gasteiger charge is 2.35. The molecular weight excluding hydrogens is 378 g/mol. The Morgan fingerprint density at radius 3 is 2.07 bits per heavy atom. The van der Waals surface area contributed by atoms with Crippen molar-refractivity contribution in [2.75, 3.05) is 26.2 Å². The van der Waals surface area contributed by atoms with Crippen molar-refractivity contribution in [3.05, 3.63) is 77.1 Å². The third kappa shape index (κ3) is 3.67. The summed E-state index contributed by atoms with van der Waals surface area (Å²) in [6, 6.07) is 15.9. The van der Waals surface area contributed by atoms with Gasteiger partial charge in [-0.25, -0.2) is 4.79 Å². The van der Waals surface area contributed by atoms with E-state index in [-0.39, 0.29) is 11.9 Å². The fourth-order valence-electron chi connectivity index (χ4n) is 4.38. The second-order valence-corrected chi connectivity index (χ2v) is 7.51. The summed E-state index contributed by atoms with van der Waals surface area (Å²) < 4.78 is 15.8.